The molecule has 0 aromatic heterocycles. The van der Waals surface area contributed by atoms with Gasteiger partial charge in [-0.15, -0.1) is 0 Å². The molecule has 1 aliphatic rings. The highest BCUT2D eigenvalue weighted by atomic mass is 16.4. The predicted octanol–water partition coefficient (Wildman–Crippen LogP) is 2.60. The molecule has 1 aliphatic carbocycles. The van der Waals surface area contributed by atoms with Crippen LogP contribution < -0.4 is 5.32 Å². The van der Waals surface area contributed by atoms with Crippen LogP contribution in [-0.4, -0.2) is 17.6 Å². The van der Waals surface area contributed by atoms with E-state index in [1.807, 2.05) is 12.1 Å². The molecule has 0 saturated heterocycles. The zero-order chi connectivity index (χ0) is 10.9. The van der Waals surface area contributed by atoms with Crippen LogP contribution in [-0.2, 0) is 0 Å². The Balaban J connectivity index is 1.95. The van der Waals surface area contributed by atoms with Crippen molar-refractivity contribution in [3.63, 3.8) is 0 Å². The van der Waals surface area contributed by atoms with Gasteiger partial charge in [0.15, 0.2) is 0 Å². The molecule has 0 radical (unpaired) electrons. The maximum absolute atomic E-state index is 10.6. The molecule has 80 valence electrons. The molecule has 2 rings (SSSR count). The van der Waals surface area contributed by atoms with E-state index in [2.05, 4.69) is 12.2 Å². The van der Waals surface area contributed by atoms with Crippen LogP contribution in [0, 0.1) is 5.41 Å². The molecular formula is C12H15NO2. The molecule has 3 nitrogen and oxygen atoms in total. The van der Waals surface area contributed by atoms with Crippen LogP contribution in [0.25, 0.3) is 0 Å². The van der Waals surface area contributed by atoms with Crippen molar-refractivity contribution in [3.05, 3.63) is 29.8 Å². The molecule has 1 fully saturated rings. The molecule has 1 aromatic rings. The number of hydrogen-bond acceptors (Lipinski definition) is 2. The minimum Gasteiger partial charge on any atom is -0.478 e. The summed E-state index contributed by atoms with van der Waals surface area (Å²) in [6, 6.07) is 6.88. The quantitative estimate of drug-likeness (QED) is 0.794. The molecule has 0 bridgehead atoms. The third kappa shape index (κ3) is 2.49. The number of rotatable bonds is 4. The topological polar surface area (TPSA) is 49.3 Å². The van der Waals surface area contributed by atoms with Gasteiger partial charge in [-0.25, -0.2) is 4.79 Å². The van der Waals surface area contributed by atoms with Gasteiger partial charge in [-0.2, -0.15) is 0 Å². The van der Waals surface area contributed by atoms with Crippen LogP contribution >= 0.6 is 0 Å². The molecule has 2 N–H and O–H groups in total. The zero-order valence-corrected chi connectivity index (χ0v) is 8.79. The highest BCUT2D eigenvalue weighted by Gasteiger charge is 2.36. The van der Waals surface area contributed by atoms with E-state index < -0.39 is 5.97 Å². The highest BCUT2D eigenvalue weighted by molar-refractivity contribution is 5.87. The van der Waals surface area contributed by atoms with Gasteiger partial charge in [0.05, 0.1) is 5.56 Å². The Bertz CT molecular complexity index is 366. The van der Waals surface area contributed by atoms with Crippen molar-refractivity contribution in [2.24, 2.45) is 5.41 Å². The average Bonchev–Trinajstić information content (AvgIpc) is 2.95. The minimum atomic E-state index is -0.879. The number of anilines is 1. The summed E-state index contributed by atoms with van der Waals surface area (Å²) in [5.41, 5.74) is 1.79. The van der Waals surface area contributed by atoms with Crippen LogP contribution in [0.15, 0.2) is 24.3 Å². The van der Waals surface area contributed by atoms with E-state index in [0.717, 1.165) is 12.2 Å². The fourth-order valence-corrected chi connectivity index (χ4v) is 1.44. The predicted molar refractivity (Wildman–Crippen MR) is 59.2 cm³/mol. The molecule has 1 aromatic carbocycles. The lowest BCUT2D eigenvalue weighted by Crippen LogP contribution is -2.11. The third-order valence-electron chi connectivity index (χ3n) is 2.95. The van der Waals surface area contributed by atoms with Crippen molar-refractivity contribution in [2.45, 2.75) is 19.8 Å². The van der Waals surface area contributed by atoms with E-state index in [1.54, 1.807) is 12.1 Å². The van der Waals surface area contributed by atoms with Gasteiger partial charge in [-0.05, 0) is 42.5 Å². The molecule has 1 saturated carbocycles. The first-order chi connectivity index (χ1) is 7.09. The van der Waals surface area contributed by atoms with Crippen LogP contribution in [0.1, 0.15) is 30.1 Å². The van der Waals surface area contributed by atoms with E-state index in [0.29, 0.717) is 11.0 Å². The van der Waals surface area contributed by atoms with Crippen molar-refractivity contribution in [1.29, 1.82) is 0 Å². The number of carbonyl (C=O) groups is 1. The maximum atomic E-state index is 10.6. The molecule has 0 atom stereocenters. The summed E-state index contributed by atoms with van der Waals surface area (Å²) in [5, 5.41) is 12.0. The molecule has 0 amide bonds. The second-order valence-electron chi connectivity index (χ2n) is 4.55. The van der Waals surface area contributed by atoms with Crippen molar-refractivity contribution < 1.29 is 9.90 Å². The SMILES string of the molecule is CC1(CNc2ccc(C(=O)O)cc2)CC1. The summed E-state index contributed by atoms with van der Waals surface area (Å²) >= 11 is 0. The maximum Gasteiger partial charge on any atom is 0.335 e. The van der Waals surface area contributed by atoms with E-state index in [9.17, 15) is 4.79 Å². The van der Waals surface area contributed by atoms with Crippen LogP contribution in [0.4, 0.5) is 5.69 Å². The fourth-order valence-electron chi connectivity index (χ4n) is 1.44. The molecule has 0 heterocycles. The van der Waals surface area contributed by atoms with Gasteiger partial charge >= 0.3 is 5.97 Å². The number of hydrogen-bond donors (Lipinski definition) is 2. The smallest absolute Gasteiger partial charge is 0.335 e. The number of benzene rings is 1. The Labute approximate surface area is 89.1 Å². The van der Waals surface area contributed by atoms with Crippen molar-refractivity contribution in [2.75, 3.05) is 11.9 Å². The molecule has 0 aliphatic heterocycles. The van der Waals surface area contributed by atoms with E-state index in [4.69, 9.17) is 5.11 Å². The second-order valence-corrected chi connectivity index (χ2v) is 4.55. The fraction of sp³-hybridized carbons (Fsp3) is 0.417. The van der Waals surface area contributed by atoms with Crippen molar-refractivity contribution >= 4 is 11.7 Å². The number of carboxylic acids is 1. The van der Waals surface area contributed by atoms with Gasteiger partial charge in [0.25, 0.3) is 0 Å². The standard InChI is InChI=1S/C12H15NO2/c1-12(6-7-12)8-13-10-4-2-9(3-5-10)11(14)15/h2-5,13H,6-8H2,1H3,(H,14,15). The average molecular weight is 205 g/mol. The Morgan fingerprint density at radius 1 is 1.40 bits per heavy atom. The Hall–Kier alpha value is -1.51. The van der Waals surface area contributed by atoms with Gasteiger partial charge in [0.2, 0.25) is 0 Å². The molecule has 3 heteroatoms. The molecular weight excluding hydrogens is 190 g/mol. The van der Waals surface area contributed by atoms with E-state index in [1.165, 1.54) is 12.8 Å². The summed E-state index contributed by atoms with van der Waals surface area (Å²) in [6.45, 7) is 3.23. The summed E-state index contributed by atoms with van der Waals surface area (Å²) in [4.78, 5) is 10.6. The van der Waals surface area contributed by atoms with E-state index >= 15 is 0 Å². The number of aromatic carboxylic acids is 1. The second kappa shape index (κ2) is 3.57. The summed E-state index contributed by atoms with van der Waals surface area (Å²) in [7, 11) is 0. The highest BCUT2D eigenvalue weighted by Crippen LogP contribution is 2.44. The van der Waals surface area contributed by atoms with Gasteiger partial charge in [0.1, 0.15) is 0 Å². The van der Waals surface area contributed by atoms with E-state index in [-0.39, 0.29) is 0 Å². The lowest BCUT2D eigenvalue weighted by Gasteiger charge is -2.11. The Morgan fingerprint density at radius 2 is 2.00 bits per heavy atom. The number of nitrogens with one attached hydrogen (secondary N) is 1. The van der Waals surface area contributed by atoms with Gasteiger partial charge in [-0.3, -0.25) is 0 Å². The first-order valence-electron chi connectivity index (χ1n) is 5.16. The minimum absolute atomic E-state index is 0.332. The first kappa shape index (κ1) is 10.0. The molecule has 0 unspecified atom stereocenters. The van der Waals surface area contributed by atoms with Gasteiger partial charge in [-0.1, -0.05) is 6.92 Å². The van der Waals surface area contributed by atoms with Crippen LogP contribution in [0.2, 0.25) is 0 Å². The normalized spacial score (nSPS) is 17.1. The lowest BCUT2D eigenvalue weighted by molar-refractivity contribution is 0.0697. The van der Waals surface area contributed by atoms with Gasteiger partial charge < -0.3 is 10.4 Å². The first-order valence-corrected chi connectivity index (χ1v) is 5.16. The lowest BCUT2D eigenvalue weighted by atomic mass is 10.1. The largest absolute Gasteiger partial charge is 0.478 e. The molecule has 0 spiro atoms. The van der Waals surface area contributed by atoms with Crippen molar-refractivity contribution in [1.82, 2.24) is 0 Å². The Kier molecular flexibility index (Phi) is 2.39. The van der Waals surface area contributed by atoms with Crippen LogP contribution in [0.3, 0.4) is 0 Å². The monoisotopic (exact) mass is 205 g/mol. The summed E-state index contributed by atoms with van der Waals surface area (Å²) in [6.07, 6.45) is 2.57. The summed E-state index contributed by atoms with van der Waals surface area (Å²) in [5.74, 6) is -0.879. The number of carboxylic acid groups (broad SMARTS) is 1. The van der Waals surface area contributed by atoms with Gasteiger partial charge in [0, 0.05) is 12.2 Å². The summed E-state index contributed by atoms with van der Waals surface area (Å²) < 4.78 is 0. The molecule has 15 heavy (non-hydrogen) atoms. The Morgan fingerprint density at radius 3 is 2.47 bits per heavy atom. The van der Waals surface area contributed by atoms with Crippen LogP contribution in [0.5, 0.6) is 0 Å². The zero-order valence-electron chi connectivity index (χ0n) is 8.79. The van der Waals surface area contributed by atoms with Crippen molar-refractivity contribution in [3.8, 4) is 0 Å². The third-order valence-corrected chi connectivity index (χ3v) is 2.95.